The van der Waals surface area contributed by atoms with E-state index in [4.69, 9.17) is 5.11 Å². The second-order valence-corrected chi connectivity index (χ2v) is 6.28. The number of hydrogen-bond acceptors (Lipinski definition) is 4. The van der Waals surface area contributed by atoms with E-state index in [1.807, 2.05) is 17.5 Å². The van der Waals surface area contributed by atoms with Gasteiger partial charge in [-0.15, -0.1) is 11.3 Å². The zero-order valence-corrected chi connectivity index (χ0v) is 11.9. The van der Waals surface area contributed by atoms with Gasteiger partial charge in [-0.3, -0.25) is 14.0 Å². The van der Waals surface area contributed by atoms with Crippen LogP contribution in [0.3, 0.4) is 0 Å². The largest absolute Gasteiger partial charge is 0.481 e. The fourth-order valence-corrected chi connectivity index (χ4v) is 3.31. The van der Waals surface area contributed by atoms with Gasteiger partial charge in [-0.25, -0.2) is 4.98 Å². The van der Waals surface area contributed by atoms with E-state index in [2.05, 4.69) is 4.98 Å². The molecule has 2 aromatic heterocycles. The van der Waals surface area contributed by atoms with Crippen molar-refractivity contribution in [2.45, 2.75) is 19.8 Å². The van der Waals surface area contributed by atoms with Crippen LogP contribution in [-0.2, 0) is 4.79 Å². The Hall–Kier alpha value is -1.89. The zero-order chi connectivity index (χ0) is 14.3. The summed E-state index contributed by atoms with van der Waals surface area (Å²) in [6, 6.07) is 0. The minimum atomic E-state index is -0.768. The highest BCUT2D eigenvalue weighted by Gasteiger charge is 2.28. The Morgan fingerprint density at radius 2 is 2.05 bits per heavy atom. The number of imidazole rings is 1. The van der Waals surface area contributed by atoms with Crippen molar-refractivity contribution in [3.05, 3.63) is 23.0 Å². The van der Waals surface area contributed by atoms with Crippen LogP contribution in [0.2, 0.25) is 0 Å². The summed E-state index contributed by atoms with van der Waals surface area (Å²) in [6.45, 7) is 2.97. The summed E-state index contributed by atoms with van der Waals surface area (Å²) in [4.78, 5) is 31.2. The Morgan fingerprint density at radius 1 is 1.35 bits per heavy atom. The first-order valence-electron chi connectivity index (χ1n) is 6.52. The third-order valence-corrected chi connectivity index (χ3v) is 4.53. The third kappa shape index (κ3) is 2.29. The van der Waals surface area contributed by atoms with Gasteiger partial charge >= 0.3 is 5.97 Å². The number of carboxylic acid groups (broad SMARTS) is 1. The number of carbonyl (C=O) groups excluding carboxylic acids is 1. The SMILES string of the molecule is Cc1cn2cc(C(=O)N3CCC(C(=O)O)CC3)nc2s1. The van der Waals surface area contributed by atoms with E-state index in [0.29, 0.717) is 31.6 Å². The van der Waals surface area contributed by atoms with Crippen LogP contribution in [0.25, 0.3) is 4.96 Å². The zero-order valence-electron chi connectivity index (χ0n) is 11.1. The van der Waals surface area contributed by atoms with Crippen molar-refractivity contribution in [2.75, 3.05) is 13.1 Å². The number of amides is 1. The van der Waals surface area contributed by atoms with Gasteiger partial charge in [0, 0.05) is 30.4 Å². The number of aromatic nitrogens is 2. The van der Waals surface area contributed by atoms with E-state index in [1.54, 1.807) is 22.4 Å². The van der Waals surface area contributed by atoms with Crippen molar-refractivity contribution >= 4 is 28.2 Å². The molecule has 20 heavy (non-hydrogen) atoms. The molecule has 0 aromatic carbocycles. The molecule has 1 aliphatic heterocycles. The molecule has 0 radical (unpaired) electrons. The highest BCUT2D eigenvalue weighted by molar-refractivity contribution is 7.17. The van der Waals surface area contributed by atoms with E-state index >= 15 is 0 Å². The first-order chi connectivity index (χ1) is 9.54. The lowest BCUT2D eigenvalue weighted by molar-refractivity contribution is -0.143. The summed E-state index contributed by atoms with van der Waals surface area (Å²) in [5.74, 6) is -1.20. The van der Waals surface area contributed by atoms with E-state index < -0.39 is 5.97 Å². The first kappa shape index (κ1) is 13.1. The monoisotopic (exact) mass is 293 g/mol. The highest BCUT2D eigenvalue weighted by Crippen LogP contribution is 2.21. The maximum atomic E-state index is 12.3. The van der Waals surface area contributed by atoms with Gasteiger partial charge in [-0.1, -0.05) is 0 Å². The van der Waals surface area contributed by atoms with Crippen molar-refractivity contribution in [1.82, 2.24) is 14.3 Å². The molecule has 1 saturated heterocycles. The molecule has 3 heterocycles. The fraction of sp³-hybridized carbons (Fsp3) is 0.462. The minimum Gasteiger partial charge on any atom is -0.481 e. The number of hydrogen-bond donors (Lipinski definition) is 1. The molecule has 0 spiro atoms. The van der Waals surface area contributed by atoms with E-state index in [0.717, 1.165) is 9.84 Å². The van der Waals surface area contributed by atoms with Crippen molar-refractivity contribution in [3.63, 3.8) is 0 Å². The Labute approximate surface area is 119 Å². The molecule has 1 fully saturated rings. The molecular formula is C13H15N3O3S. The third-order valence-electron chi connectivity index (χ3n) is 3.62. The van der Waals surface area contributed by atoms with Crippen LogP contribution in [-0.4, -0.2) is 44.4 Å². The van der Waals surface area contributed by atoms with E-state index in [1.165, 1.54) is 0 Å². The Bertz CT molecular complexity index is 636. The smallest absolute Gasteiger partial charge is 0.306 e. The molecule has 0 aliphatic carbocycles. The number of aryl methyl sites for hydroxylation is 1. The highest BCUT2D eigenvalue weighted by atomic mass is 32.1. The Kier molecular flexibility index (Phi) is 3.21. The van der Waals surface area contributed by atoms with E-state index in [-0.39, 0.29) is 11.8 Å². The maximum absolute atomic E-state index is 12.3. The number of thiazole rings is 1. The number of nitrogens with zero attached hydrogens (tertiary/aromatic N) is 3. The summed E-state index contributed by atoms with van der Waals surface area (Å²) >= 11 is 1.54. The average molecular weight is 293 g/mol. The number of carbonyl (C=O) groups is 2. The number of rotatable bonds is 2. The maximum Gasteiger partial charge on any atom is 0.306 e. The van der Waals surface area contributed by atoms with Crippen LogP contribution in [0.1, 0.15) is 28.2 Å². The lowest BCUT2D eigenvalue weighted by atomic mass is 9.97. The number of carboxylic acids is 1. The lowest BCUT2D eigenvalue weighted by Gasteiger charge is -2.29. The number of fused-ring (bicyclic) bond motifs is 1. The van der Waals surface area contributed by atoms with Gasteiger partial charge < -0.3 is 10.0 Å². The standard InChI is InChI=1S/C13H15N3O3S/c1-8-6-16-7-10(14-13(16)20-8)11(17)15-4-2-9(3-5-15)12(18)19/h6-7,9H,2-5H2,1H3,(H,18,19). The molecule has 6 nitrogen and oxygen atoms in total. The summed E-state index contributed by atoms with van der Waals surface area (Å²) < 4.78 is 1.86. The molecule has 1 aliphatic rings. The molecule has 7 heteroatoms. The molecule has 0 atom stereocenters. The number of piperidine rings is 1. The summed E-state index contributed by atoms with van der Waals surface area (Å²) in [5, 5.41) is 8.96. The second kappa shape index (κ2) is 4.90. The Morgan fingerprint density at radius 3 is 2.65 bits per heavy atom. The predicted molar refractivity (Wildman–Crippen MR) is 74.1 cm³/mol. The number of aliphatic carboxylic acids is 1. The molecule has 0 bridgehead atoms. The van der Waals surface area contributed by atoms with Crippen molar-refractivity contribution < 1.29 is 14.7 Å². The van der Waals surface area contributed by atoms with Gasteiger partial charge in [0.25, 0.3) is 5.91 Å². The molecule has 3 rings (SSSR count). The van der Waals surface area contributed by atoms with Crippen molar-refractivity contribution in [1.29, 1.82) is 0 Å². The van der Waals surface area contributed by atoms with Gasteiger partial charge in [-0.2, -0.15) is 0 Å². The van der Waals surface area contributed by atoms with Gasteiger partial charge in [0.05, 0.1) is 5.92 Å². The minimum absolute atomic E-state index is 0.109. The molecule has 0 unspecified atom stereocenters. The molecule has 106 valence electrons. The Balaban J connectivity index is 1.72. The van der Waals surface area contributed by atoms with Crippen LogP contribution in [0, 0.1) is 12.8 Å². The molecule has 1 N–H and O–H groups in total. The van der Waals surface area contributed by atoms with Gasteiger partial charge in [0.1, 0.15) is 5.69 Å². The van der Waals surface area contributed by atoms with Crippen LogP contribution >= 0.6 is 11.3 Å². The van der Waals surface area contributed by atoms with Crippen LogP contribution in [0.15, 0.2) is 12.4 Å². The summed E-state index contributed by atoms with van der Waals surface area (Å²) in [7, 11) is 0. The van der Waals surface area contributed by atoms with Crippen LogP contribution in [0.5, 0.6) is 0 Å². The molecular weight excluding hydrogens is 278 g/mol. The van der Waals surface area contributed by atoms with Gasteiger partial charge in [0.15, 0.2) is 4.96 Å². The average Bonchev–Trinajstić information content (AvgIpc) is 2.95. The van der Waals surface area contributed by atoms with Crippen molar-refractivity contribution in [3.8, 4) is 0 Å². The lowest BCUT2D eigenvalue weighted by Crippen LogP contribution is -2.40. The van der Waals surface area contributed by atoms with Crippen LogP contribution in [0.4, 0.5) is 0 Å². The van der Waals surface area contributed by atoms with Crippen LogP contribution < -0.4 is 0 Å². The fourth-order valence-electron chi connectivity index (χ4n) is 2.51. The van der Waals surface area contributed by atoms with Gasteiger partial charge in [0.2, 0.25) is 0 Å². The predicted octanol–water partition coefficient (Wildman–Crippen LogP) is 1.64. The first-order valence-corrected chi connectivity index (χ1v) is 7.33. The molecule has 0 saturated carbocycles. The quantitative estimate of drug-likeness (QED) is 0.913. The van der Waals surface area contributed by atoms with E-state index in [9.17, 15) is 9.59 Å². The molecule has 2 aromatic rings. The number of likely N-dealkylation sites (tertiary alicyclic amines) is 1. The normalized spacial score (nSPS) is 16.8. The van der Waals surface area contributed by atoms with Gasteiger partial charge in [-0.05, 0) is 19.8 Å². The second-order valence-electron chi connectivity index (χ2n) is 5.06. The summed E-state index contributed by atoms with van der Waals surface area (Å²) in [5.41, 5.74) is 0.435. The summed E-state index contributed by atoms with van der Waals surface area (Å²) in [6.07, 6.45) is 4.72. The van der Waals surface area contributed by atoms with Crippen molar-refractivity contribution in [2.24, 2.45) is 5.92 Å². The molecule has 1 amide bonds. The topological polar surface area (TPSA) is 74.9 Å².